The molecule has 2 aliphatic carbocycles. The van der Waals surface area contributed by atoms with Gasteiger partial charge >= 0.3 is 0 Å². The van der Waals surface area contributed by atoms with Gasteiger partial charge in [-0.2, -0.15) is 0 Å². The highest BCUT2D eigenvalue weighted by Crippen LogP contribution is 2.44. The second kappa shape index (κ2) is 7.26. The number of hydrogen-bond donors (Lipinski definition) is 1. The molecule has 0 bridgehead atoms. The molecule has 0 heterocycles. The standard InChI is InChI=1S/C18H36N2/c1-4-16-8-7-12-18(16,14-19)20(13-11-15(2)3)17-9-5-6-10-17/h15-17H,4-14,19H2,1-3H3. The molecule has 0 aromatic rings. The van der Waals surface area contributed by atoms with Crippen LogP contribution in [0, 0.1) is 11.8 Å². The zero-order valence-electron chi connectivity index (χ0n) is 14.0. The zero-order chi connectivity index (χ0) is 14.6. The molecule has 2 atom stereocenters. The van der Waals surface area contributed by atoms with Gasteiger partial charge in [0.2, 0.25) is 0 Å². The zero-order valence-corrected chi connectivity index (χ0v) is 14.0. The van der Waals surface area contributed by atoms with Crippen molar-refractivity contribution in [1.29, 1.82) is 0 Å². The Morgan fingerprint density at radius 2 is 1.85 bits per heavy atom. The molecule has 20 heavy (non-hydrogen) atoms. The summed E-state index contributed by atoms with van der Waals surface area (Å²) in [7, 11) is 0. The Balaban J connectivity index is 2.17. The molecule has 2 saturated carbocycles. The van der Waals surface area contributed by atoms with Gasteiger partial charge in [-0.15, -0.1) is 0 Å². The average molecular weight is 281 g/mol. The first-order valence-electron chi connectivity index (χ1n) is 9.11. The molecule has 2 aliphatic rings. The van der Waals surface area contributed by atoms with Crippen molar-refractivity contribution in [2.24, 2.45) is 17.6 Å². The van der Waals surface area contributed by atoms with Gasteiger partial charge in [0.15, 0.2) is 0 Å². The van der Waals surface area contributed by atoms with Crippen molar-refractivity contribution < 1.29 is 0 Å². The Kier molecular flexibility index (Phi) is 5.92. The van der Waals surface area contributed by atoms with E-state index in [1.807, 2.05) is 0 Å². The maximum atomic E-state index is 6.37. The molecule has 0 spiro atoms. The topological polar surface area (TPSA) is 29.3 Å². The fourth-order valence-electron chi connectivity index (χ4n) is 4.86. The van der Waals surface area contributed by atoms with Crippen LogP contribution in [0.15, 0.2) is 0 Å². The van der Waals surface area contributed by atoms with Crippen LogP contribution in [0.5, 0.6) is 0 Å². The minimum Gasteiger partial charge on any atom is -0.329 e. The van der Waals surface area contributed by atoms with Crippen LogP contribution in [0.4, 0.5) is 0 Å². The van der Waals surface area contributed by atoms with E-state index in [2.05, 4.69) is 25.7 Å². The number of nitrogens with zero attached hydrogens (tertiary/aromatic N) is 1. The van der Waals surface area contributed by atoms with Crippen LogP contribution < -0.4 is 5.73 Å². The van der Waals surface area contributed by atoms with Crippen LogP contribution in [-0.4, -0.2) is 29.6 Å². The summed E-state index contributed by atoms with van der Waals surface area (Å²) in [6.45, 7) is 9.23. The molecule has 0 aliphatic heterocycles. The Hall–Kier alpha value is -0.0800. The van der Waals surface area contributed by atoms with Gasteiger partial charge in [0.1, 0.15) is 0 Å². The van der Waals surface area contributed by atoms with Crippen molar-refractivity contribution in [2.45, 2.75) is 90.1 Å². The Bertz CT molecular complexity index is 283. The van der Waals surface area contributed by atoms with Crippen molar-refractivity contribution in [2.75, 3.05) is 13.1 Å². The third kappa shape index (κ3) is 3.22. The van der Waals surface area contributed by atoms with E-state index in [4.69, 9.17) is 5.73 Å². The lowest BCUT2D eigenvalue weighted by molar-refractivity contribution is 0.0143. The molecule has 0 amide bonds. The molecule has 2 fully saturated rings. The van der Waals surface area contributed by atoms with Crippen LogP contribution in [0.1, 0.15) is 78.6 Å². The molecule has 118 valence electrons. The number of hydrogen-bond acceptors (Lipinski definition) is 2. The lowest BCUT2D eigenvalue weighted by atomic mass is 9.81. The van der Waals surface area contributed by atoms with Gasteiger partial charge in [-0.05, 0) is 50.5 Å². The van der Waals surface area contributed by atoms with Crippen LogP contribution in [0.25, 0.3) is 0 Å². The highest BCUT2D eigenvalue weighted by atomic mass is 15.2. The molecular formula is C18H36N2. The van der Waals surface area contributed by atoms with Gasteiger partial charge < -0.3 is 5.73 Å². The molecule has 2 unspecified atom stereocenters. The second-order valence-corrected chi connectivity index (χ2v) is 7.62. The van der Waals surface area contributed by atoms with Crippen LogP contribution >= 0.6 is 0 Å². The maximum absolute atomic E-state index is 6.37. The Morgan fingerprint density at radius 1 is 1.15 bits per heavy atom. The first-order valence-corrected chi connectivity index (χ1v) is 9.11. The van der Waals surface area contributed by atoms with Crippen molar-refractivity contribution in [1.82, 2.24) is 4.90 Å². The van der Waals surface area contributed by atoms with Crippen molar-refractivity contribution in [3.8, 4) is 0 Å². The molecule has 0 aromatic carbocycles. The van der Waals surface area contributed by atoms with Crippen LogP contribution in [0.2, 0.25) is 0 Å². The minimum absolute atomic E-state index is 0.332. The molecule has 2 rings (SSSR count). The molecule has 2 nitrogen and oxygen atoms in total. The lowest BCUT2D eigenvalue weighted by Gasteiger charge is -2.48. The van der Waals surface area contributed by atoms with Gasteiger partial charge in [0.25, 0.3) is 0 Å². The summed E-state index contributed by atoms with van der Waals surface area (Å²) >= 11 is 0. The van der Waals surface area contributed by atoms with Gasteiger partial charge in [0, 0.05) is 18.1 Å². The third-order valence-electron chi connectivity index (χ3n) is 6.05. The normalized spacial score (nSPS) is 31.8. The largest absolute Gasteiger partial charge is 0.329 e. The average Bonchev–Trinajstić information content (AvgIpc) is 3.08. The predicted molar refractivity (Wildman–Crippen MR) is 87.8 cm³/mol. The summed E-state index contributed by atoms with van der Waals surface area (Å²) in [5.74, 6) is 1.63. The van der Waals surface area contributed by atoms with E-state index >= 15 is 0 Å². The molecule has 0 saturated heterocycles. The van der Waals surface area contributed by atoms with Gasteiger partial charge in [-0.1, -0.05) is 46.5 Å². The van der Waals surface area contributed by atoms with E-state index in [0.717, 1.165) is 24.4 Å². The van der Waals surface area contributed by atoms with Gasteiger partial charge in [0.05, 0.1) is 0 Å². The highest BCUT2D eigenvalue weighted by molar-refractivity contribution is 5.04. The summed E-state index contributed by atoms with van der Waals surface area (Å²) < 4.78 is 0. The first kappa shape index (κ1) is 16.3. The molecule has 2 N–H and O–H groups in total. The van der Waals surface area contributed by atoms with Crippen molar-refractivity contribution >= 4 is 0 Å². The summed E-state index contributed by atoms with van der Waals surface area (Å²) in [6, 6.07) is 0.824. The van der Waals surface area contributed by atoms with E-state index in [1.165, 1.54) is 64.3 Å². The SMILES string of the molecule is CCC1CCCC1(CN)N(CCC(C)C)C1CCCC1. The van der Waals surface area contributed by atoms with Crippen LogP contribution in [-0.2, 0) is 0 Å². The second-order valence-electron chi connectivity index (χ2n) is 7.62. The Labute approximate surface area is 126 Å². The summed E-state index contributed by atoms with van der Waals surface area (Å²) in [5, 5.41) is 0. The van der Waals surface area contributed by atoms with Crippen molar-refractivity contribution in [3.63, 3.8) is 0 Å². The van der Waals surface area contributed by atoms with Crippen molar-refractivity contribution in [3.05, 3.63) is 0 Å². The fourth-order valence-corrected chi connectivity index (χ4v) is 4.86. The Morgan fingerprint density at radius 3 is 2.40 bits per heavy atom. The lowest BCUT2D eigenvalue weighted by Crippen LogP contribution is -2.59. The quantitative estimate of drug-likeness (QED) is 0.758. The van der Waals surface area contributed by atoms with Gasteiger partial charge in [-0.3, -0.25) is 4.90 Å². The van der Waals surface area contributed by atoms with Gasteiger partial charge in [-0.25, -0.2) is 0 Å². The summed E-state index contributed by atoms with van der Waals surface area (Å²) in [5.41, 5.74) is 6.70. The first-order chi connectivity index (χ1) is 9.64. The smallest absolute Gasteiger partial charge is 0.0362 e. The molecule has 0 radical (unpaired) electrons. The third-order valence-corrected chi connectivity index (χ3v) is 6.05. The van der Waals surface area contributed by atoms with E-state index in [-0.39, 0.29) is 0 Å². The van der Waals surface area contributed by atoms with E-state index in [0.29, 0.717) is 5.54 Å². The summed E-state index contributed by atoms with van der Waals surface area (Å²) in [4.78, 5) is 2.90. The number of nitrogens with two attached hydrogens (primary N) is 1. The maximum Gasteiger partial charge on any atom is 0.0362 e. The molecule has 2 heteroatoms. The van der Waals surface area contributed by atoms with E-state index in [1.54, 1.807) is 0 Å². The molecule has 0 aromatic heterocycles. The number of rotatable bonds is 7. The monoisotopic (exact) mass is 280 g/mol. The summed E-state index contributed by atoms with van der Waals surface area (Å²) in [6.07, 6.45) is 12.5. The van der Waals surface area contributed by atoms with E-state index in [9.17, 15) is 0 Å². The predicted octanol–water partition coefficient (Wildman–Crippen LogP) is 4.18. The minimum atomic E-state index is 0.332. The van der Waals surface area contributed by atoms with E-state index < -0.39 is 0 Å². The highest BCUT2D eigenvalue weighted by Gasteiger charge is 2.47. The molecular weight excluding hydrogens is 244 g/mol. The van der Waals surface area contributed by atoms with Crippen LogP contribution in [0.3, 0.4) is 0 Å². The fraction of sp³-hybridized carbons (Fsp3) is 1.00.